The van der Waals surface area contributed by atoms with Crippen molar-refractivity contribution in [3.63, 3.8) is 0 Å². The second kappa shape index (κ2) is 6.15. The Morgan fingerprint density at radius 1 is 1.19 bits per heavy atom. The van der Waals surface area contributed by atoms with Crippen LogP contribution in [0.5, 0.6) is 0 Å². The number of nitrogens with zero attached hydrogens (tertiary/aromatic N) is 1. The van der Waals surface area contributed by atoms with Gasteiger partial charge in [-0.3, -0.25) is 0 Å². The summed E-state index contributed by atoms with van der Waals surface area (Å²) in [5, 5.41) is 0.827. The summed E-state index contributed by atoms with van der Waals surface area (Å²) in [7, 11) is 2.19. The smallest absolute Gasteiger partial charge is 0.338 e. The van der Waals surface area contributed by atoms with Gasteiger partial charge in [0.1, 0.15) is 6.10 Å². The Bertz CT molecular complexity index is 535. The number of carbonyl (C=O) groups excluding carboxylic acids is 1. The zero-order chi connectivity index (χ0) is 15.0. The van der Waals surface area contributed by atoms with Crippen LogP contribution in [0.1, 0.15) is 42.5 Å². The lowest BCUT2D eigenvalue weighted by Gasteiger charge is -2.46. The monoisotopic (exact) mass is 327 g/mol. The van der Waals surface area contributed by atoms with Crippen molar-refractivity contribution >= 4 is 29.2 Å². The summed E-state index contributed by atoms with van der Waals surface area (Å²) in [5.74, 6) is -0.304. The molecule has 2 aliphatic heterocycles. The highest BCUT2D eigenvalue weighted by atomic mass is 35.5. The zero-order valence-corrected chi connectivity index (χ0v) is 13.5. The quantitative estimate of drug-likeness (QED) is 0.763. The maximum absolute atomic E-state index is 12.2. The van der Waals surface area contributed by atoms with Crippen LogP contribution in [0.25, 0.3) is 0 Å². The molecule has 0 N–H and O–H groups in total. The van der Waals surface area contributed by atoms with Gasteiger partial charge in [-0.15, -0.1) is 0 Å². The van der Waals surface area contributed by atoms with Gasteiger partial charge in [0.2, 0.25) is 0 Å². The first-order valence-electron chi connectivity index (χ1n) is 7.42. The number of esters is 1. The van der Waals surface area contributed by atoms with E-state index in [4.69, 9.17) is 27.9 Å². The molecule has 0 radical (unpaired) electrons. The number of fused-ring (bicyclic) bond motifs is 2. The fourth-order valence-corrected chi connectivity index (χ4v) is 3.80. The molecule has 3 rings (SSSR count). The first kappa shape index (κ1) is 15.1. The number of halogens is 2. The summed E-state index contributed by atoms with van der Waals surface area (Å²) in [5.41, 5.74) is 0.466. The molecule has 2 atom stereocenters. The Morgan fingerprint density at radius 3 is 2.48 bits per heavy atom. The Balaban J connectivity index is 1.66. The second-order valence-electron chi connectivity index (χ2n) is 6.03. The van der Waals surface area contributed by atoms with Gasteiger partial charge in [-0.1, -0.05) is 29.6 Å². The number of benzene rings is 1. The highest BCUT2D eigenvalue weighted by Gasteiger charge is 2.37. The van der Waals surface area contributed by atoms with Crippen LogP contribution in [-0.2, 0) is 4.74 Å². The van der Waals surface area contributed by atoms with Crippen LogP contribution in [0, 0.1) is 0 Å². The van der Waals surface area contributed by atoms with Gasteiger partial charge in [0.25, 0.3) is 0 Å². The lowest BCUT2D eigenvalue weighted by molar-refractivity contribution is -0.0318. The average Bonchev–Trinajstić information content (AvgIpc) is 2.43. The summed E-state index contributed by atoms with van der Waals surface area (Å²) in [6.45, 7) is 0. The molecule has 5 heteroatoms. The van der Waals surface area contributed by atoms with Crippen molar-refractivity contribution in [1.29, 1.82) is 0 Å². The highest BCUT2D eigenvalue weighted by Crippen LogP contribution is 2.34. The van der Waals surface area contributed by atoms with Crippen LogP contribution in [-0.4, -0.2) is 36.1 Å². The molecule has 2 fully saturated rings. The lowest BCUT2D eigenvalue weighted by Crippen LogP contribution is -2.52. The van der Waals surface area contributed by atoms with E-state index >= 15 is 0 Å². The topological polar surface area (TPSA) is 29.5 Å². The largest absolute Gasteiger partial charge is 0.459 e. The van der Waals surface area contributed by atoms with Crippen LogP contribution < -0.4 is 0 Å². The van der Waals surface area contributed by atoms with Crippen molar-refractivity contribution in [3.8, 4) is 0 Å². The van der Waals surface area contributed by atoms with E-state index in [2.05, 4.69) is 11.9 Å². The van der Waals surface area contributed by atoms with Gasteiger partial charge in [-0.2, -0.15) is 0 Å². The number of rotatable bonds is 2. The number of hydrogen-bond donors (Lipinski definition) is 0. The van der Waals surface area contributed by atoms with Crippen molar-refractivity contribution in [2.45, 2.75) is 50.3 Å². The predicted molar refractivity (Wildman–Crippen MR) is 84.1 cm³/mol. The Labute approximate surface area is 135 Å². The summed E-state index contributed by atoms with van der Waals surface area (Å²) < 4.78 is 5.69. The van der Waals surface area contributed by atoms with Gasteiger partial charge in [0.05, 0.1) is 15.6 Å². The SMILES string of the molecule is CN1C2CCCC1CC(OC(=O)c1ccc(Cl)c(Cl)c1)C2. The van der Waals surface area contributed by atoms with Crippen LogP contribution in [0.15, 0.2) is 18.2 Å². The maximum atomic E-state index is 12.2. The molecule has 0 amide bonds. The molecule has 3 nitrogen and oxygen atoms in total. The molecule has 2 unspecified atom stereocenters. The van der Waals surface area contributed by atoms with Crippen molar-refractivity contribution in [1.82, 2.24) is 4.90 Å². The summed E-state index contributed by atoms with van der Waals surface area (Å²) in [6.07, 6.45) is 5.56. The van der Waals surface area contributed by atoms with Crippen molar-refractivity contribution < 1.29 is 9.53 Å². The van der Waals surface area contributed by atoms with E-state index in [-0.39, 0.29) is 12.1 Å². The molecule has 2 aliphatic rings. The van der Waals surface area contributed by atoms with E-state index in [0.29, 0.717) is 27.7 Å². The van der Waals surface area contributed by atoms with Crippen molar-refractivity contribution in [2.75, 3.05) is 7.05 Å². The summed E-state index contributed by atoms with van der Waals surface area (Å²) in [6, 6.07) is 5.95. The molecule has 114 valence electrons. The van der Waals surface area contributed by atoms with Crippen molar-refractivity contribution in [3.05, 3.63) is 33.8 Å². The lowest BCUT2D eigenvalue weighted by atomic mass is 9.83. The molecule has 1 aromatic rings. The molecule has 0 saturated carbocycles. The predicted octanol–water partition coefficient (Wildman–Crippen LogP) is 4.17. The first-order chi connectivity index (χ1) is 10.0. The number of carbonyl (C=O) groups is 1. The molecule has 0 aliphatic carbocycles. The molecule has 2 bridgehead atoms. The van der Waals surface area contributed by atoms with E-state index < -0.39 is 0 Å². The highest BCUT2D eigenvalue weighted by molar-refractivity contribution is 6.42. The third-order valence-electron chi connectivity index (χ3n) is 4.73. The van der Waals surface area contributed by atoms with Crippen LogP contribution in [0.3, 0.4) is 0 Å². The molecular formula is C16H19Cl2NO2. The van der Waals surface area contributed by atoms with E-state index in [1.165, 1.54) is 19.3 Å². The molecule has 2 heterocycles. The standard InChI is InChI=1S/C16H19Cl2NO2/c1-19-11-3-2-4-12(19)9-13(8-11)21-16(20)10-5-6-14(17)15(18)7-10/h5-7,11-13H,2-4,8-9H2,1H3. The first-order valence-corrected chi connectivity index (χ1v) is 8.18. The van der Waals surface area contributed by atoms with Crippen LogP contribution in [0.4, 0.5) is 0 Å². The fraction of sp³-hybridized carbons (Fsp3) is 0.562. The Hall–Kier alpha value is -0.770. The number of piperidine rings is 2. The van der Waals surface area contributed by atoms with E-state index in [1.54, 1.807) is 18.2 Å². The number of ether oxygens (including phenoxy) is 1. The zero-order valence-electron chi connectivity index (χ0n) is 12.0. The van der Waals surface area contributed by atoms with E-state index in [0.717, 1.165) is 12.8 Å². The molecule has 21 heavy (non-hydrogen) atoms. The minimum Gasteiger partial charge on any atom is -0.459 e. The van der Waals surface area contributed by atoms with Gasteiger partial charge < -0.3 is 9.64 Å². The van der Waals surface area contributed by atoms with Gasteiger partial charge in [0.15, 0.2) is 0 Å². The van der Waals surface area contributed by atoms with E-state index in [1.807, 2.05) is 0 Å². The minimum atomic E-state index is -0.304. The third kappa shape index (κ3) is 3.20. The fourth-order valence-electron chi connectivity index (χ4n) is 3.50. The van der Waals surface area contributed by atoms with Crippen LogP contribution in [0.2, 0.25) is 10.0 Å². The molecular weight excluding hydrogens is 309 g/mol. The van der Waals surface area contributed by atoms with Gasteiger partial charge in [-0.05, 0) is 38.1 Å². The average molecular weight is 328 g/mol. The van der Waals surface area contributed by atoms with Gasteiger partial charge >= 0.3 is 5.97 Å². The van der Waals surface area contributed by atoms with Crippen LogP contribution >= 0.6 is 23.2 Å². The molecule has 2 saturated heterocycles. The van der Waals surface area contributed by atoms with E-state index in [9.17, 15) is 4.79 Å². The second-order valence-corrected chi connectivity index (χ2v) is 6.85. The minimum absolute atomic E-state index is 0.0125. The summed E-state index contributed by atoms with van der Waals surface area (Å²) in [4.78, 5) is 14.7. The summed E-state index contributed by atoms with van der Waals surface area (Å²) >= 11 is 11.8. The van der Waals surface area contributed by atoms with Crippen molar-refractivity contribution in [2.24, 2.45) is 0 Å². The molecule has 0 aromatic heterocycles. The number of hydrogen-bond acceptors (Lipinski definition) is 3. The molecule has 1 aromatic carbocycles. The molecule has 0 spiro atoms. The maximum Gasteiger partial charge on any atom is 0.338 e. The Morgan fingerprint density at radius 2 is 1.86 bits per heavy atom. The Kier molecular flexibility index (Phi) is 4.43. The normalized spacial score (nSPS) is 29.2. The third-order valence-corrected chi connectivity index (χ3v) is 5.46. The van der Waals surface area contributed by atoms with Gasteiger partial charge in [0, 0.05) is 24.9 Å². The van der Waals surface area contributed by atoms with Gasteiger partial charge in [-0.25, -0.2) is 4.79 Å².